The average molecular weight is 340 g/mol. The number of rotatable bonds is 2. The zero-order chi connectivity index (χ0) is 17.4. The fourth-order valence-electron chi connectivity index (χ4n) is 4.94. The van der Waals surface area contributed by atoms with Gasteiger partial charge in [0.05, 0.1) is 13.0 Å². The third-order valence-corrected chi connectivity index (χ3v) is 6.20. The summed E-state index contributed by atoms with van der Waals surface area (Å²) in [5.74, 6) is 1.05. The van der Waals surface area contributed by atoms with Crippen LogP contribution in [0.2, 0.25) is 0 Å². The van der Waals surface area contributed by atoms with Gasteiger partial charge in [-0.15, -0.1) is 0 Å². The van der Waals surface area contributed by atoms with E-state index in [9.17, 15) is 4.79 Å². The quantitative estimate of drug-likeness (QED) is 0.848. The van der Waals surface area contributed by atoms with Gasteiger partial charge in [-0.3, -0.25) is 4.79 Å². The molecule has 1 aromatic carbocycles. The van der Waals surface area contributed by atoms with Gasteiger partial charge in [-0.05, 0) is 42.7 Å². The van der Waals surface area contributed by atoms with Crippen molar-refractivity contribution in [1.29, 1.82) is 0 Å². The van der Waals surface area contributed by atoms with Crippen LogP contribution >= 0.6 is 0 Å². The van der Waals surface area contributed by atoms with E-state index in [1.807, 2.05) is 0 Å². The van der Waals surface area contributed by atoms with E-state index in [-0.39, 0.29) is 11.9 Å². The van der Waals surface area contributed by atoms with Crippen LogP contribution in [0.15, 0.2) is 24.3 Å². The van der Waals surface area contributed by atoms with Gasteiger partial charge in [-0.1, -0.05) is 31.5 Å². The molecule has 4 atom stereocenters. The summed E-state index contributed by atoms with van der Waals surface area (Å²) in [5.41, 5.74) is 3.54. The summed E-state index contributed by atoms with van der Waals surface area (Å²) in [4.78, 5) is 18.8. The molecule has 2 aromatic rings. The van der Waals surface area contributed by atoms with Crippen LogP contribution in [0.5, 0.6) is 0 Å². The molecule has 1 aromatic heterocycles. The molecule has 4 nitrogen and oxygen atoms in total. The van der Waals surface area contributed by atoms with Gasteiger partial charge in [0.2, 0.25) is 0 Å². The molecule has 1 unspecified atom stereocenters. The van der Waals surface area contributed by atoms with Crippen molar-refractivity contribution in [3.05, 3.63) is 35.5 Å². The molecule has 2 bridgehead atoms. The average Bonchev–Trinajstić information content (AvgIpc) is 3.02. The number of ether oxygens (including phenoxy) is 1. The van der Waals surface area contributed by atoms with Gasteiger partial charge in [0.15, 0.2) is 0 Å². The van der Waals surface area contributed by atoms with Gasteiger partial charge < -0.3 is 14.6 Å². The van der Waals surface area contributed by atoms with E-state index in [0.717, 1.165) is 43.1 Å². The van der Waals surface area contributed by atoms with E-state index in [2.05, 4.69) is 41.1 Å². The van der Waals surface area contributed by atoms with Crippen LogP contribution in [0.25, 0.3) is 10.9 Å². The predicted molar refractivity (Wildman–Crippen MR) is 99.7 cm³/mol. The molecule has 0 spiro atoms. The maximum Gasteiger partial charge on any atom is 0.314 e. The molecule has 0 aliphatic carbocycles. The normalized spacial score (nSPS) is 29.4. The number of piperidine rings is 1. The Morgan fingerprint density at radius 3 is 2.92 bits per heavy atom. The lowest BCUT2D eigenvalue weighted by molar-refractivity contribution is -0.143. The van der Waals surface area contributed by atoms with Crippen LogP contribution in [-0.4, -0.2) is 42.6 Å². The maximum absolute atomic E-state index is 12.6. The van der Waals surface area contributed by atoms with Crippen molar-refractivity contribution >= 4 is 16.9 Å². The highest BCUT2D eigenvalue weighted by Crippen LogP contribution is 2.38. The molecule has 0 amide bonds. The van der Waals surface area contributed by atoms with Crippen molar-refractivity contribution in [1.82, 2.24) is 9.88 Å². The van der Waals surface area contributed by atoms with E-state index in [4.69, 9.17) is 4.74 Å². The number of carbonyl (C=O) groups is 1. The second-order valence-corrected chi connectivity index (χ2v) is 7.76. The van der Waals surface area contributed by atoms with Crippen LogP contribution in [0.1, 0.15) is 43.4 Å². The molecule has 0 saturated carbocycles. The minimum atomic E-state index is -0.173. The molecule has 1 fully saturated rings. The van der Waals surface area contributed by atoms with Crippen molar-refractivity contribution in [2.75, 3.05) is 26.7 Å². The Balaban J connectivity index is 1.78. The SMILES string of the molecule is CC[C@H]1C[C@H]2C[C@@H](C(=O)OC)c3[nH]c4ccccc4c3CCN(C1)C2. The van der Waals surface area contributed by atoms with Gasteiger partial charge in [-0.2, -0.15) is 0 Å². The van der Waals surface area contributed by atoms with Crippen LogP contribution in [-0.2, 0) is 16.0 Å². The standard InChI is InChI=1S/C21H28N2O2/c1-3-14-10-15-11-18(21(24)25-2)20-17(8-9-23(12-14)13-15)16-6-4-5-7-19(16)22-20/h4-7,14-15,18,22H,3,8-13H2,1-2H3/t14-,15-,18+/m0/s1. The molecule has 4 heteroatoms. The number of esters is 1. The lowest BCUT2D eigenvalue weighted by Gasteiger charge is -2.37. The Kier molecular flexibility index (Phi) is 4.55. The molecule has 2 aliphatic rings. The lowest BCUT2D eigenvalue weighted by Crippen LogP contribution is -2.41. The zero-order valence-electron chi connectivity index (χ0n) is 15.3. The molecule has 1 saturated heterocycles. The third-order valence-electron chi connectivity index (χ3n) is 6.20. The Labute approximate surface area is 149 Å². The Morgan fingerprint density at radius 1 is 1.28 bits per heavy atom. The summed E-state index contributed by atoms with van der Waals surface area (Å²) in [5, 5.41) is 1.26. The topological polar surface area (TPSA) is 45.3 Å². The summed E-state index contributed by atoms with van der Waals surface area (Å²) in [6.45, 7) is 5.69. The van der Waals surface area contributed by atoms with Crippen molar-refractivity contribution < 1.29 is 9.53 Å². The van der Waals surface area contributed by atoms with Crippen LogP contribution < -0.4 is 0 Å². The highest BCUT2D eigenvalue weighted by Gasteiger charge is 2.35. The number of hydrogen-bond acceptors (Lipinski definition) is 3. The smallest absolute Gasteiger partial charge is 0.314 e. The summed E-state index contributed by atoms with van der Waals surface area (Å²) in [6.07, 6.45) is 4.34. The number of para-hydroxylation sites is 1. The number of aromatic amines is 1. The predicted octanol–water partition coefficient (Wildman–Crippen LogP) is 3.72. The molecule has 134 valence electrons. The molecule has 4 rings (SSSR count). The highest BCUT2D eigenvalue weighted by molar-refractivity contribution is 5.88. The number of methoxy groups -OCH3 is 1. The van der Waals surface area contributed by atoms with E-state index in [1.54, 1.807) is 0 Å². The maximum atomic E-state index is 12.6. The first-order chi connectivity index (χ1) is 12.2. The largest absolute Gasteiger partial charge is 0.469 e. The van der Waals surface area contributed by atoms with E-state index in [0.29, 0.717) is 5.92 Å². The molecule has 0 radical (unpaired) electrons. The minimum Gasteiger partial charge on any atom is -0.469 e. The number of hydrogen-bond donors (Lipinski definition) is 1. The second-order valence-electron chi connectivity index (χ2n) is 7.76. The van der Waals surface area contributed by atoms with Crippen LogP contribution in [0.3, 0.4) is 0 Å². The fourth-order valence-corrected chi connectivity index (χ4v) is 4.94. The minimum absolute atomic E-state index is 0.0973. The highest BCUT2D eigenvalue weighted by atomic mass is 16.5. The molecular formula is C21H28N2O2. The Hall–Kier alpha value is -1.81. The zero-order valence-corrected chi connectivity index (χ0v) is 15.3. The van der Waals surface area contributed by atoms with E-state index >= 15 is 0 Å². The van der Waals surface area contributed by atoms with Gasteiger partial charge in [0, 0.05) is 36.2 Å². The summed E-state index contributed by atoms with van der Waals surface area (Å²) in [7, 11) is 1.51. The number of H-pyrrole nitrogens is 1. The molecule has 2 aliphatic heterocycles. The van der Waals surface area contributed by atoms with Gasteiger partial charge in [0.25, 0.3) is 0 Å². The first-order valence-corrected chi connectivity index (χ1v) is 9.59. The fraction of sp³-hybridized carbons (Fsp3) is 0.571. The lowest BCUT2D eigenvalue weighted by atomic mass is 9.81. The number of fused-ring (bicyclic) bond motifs is 5. The number of carbonyl (C=O) groups excluding carboxylic acids is 1. The molecule has 1 N–H and O–H groups in total. The Bertz CT molecular complexity index is 766. The summed E-state index contributed by atoms with van der Waals surface area (Å²) < 4.78 is 5.20. The number of nitrogens with one attached hydrogen (secondary N) is 1. The third kappa shape index (κ3) is 3.08. The van der Waals surface area contributed by atoms with Crippen molar-refractivity contribution in [3.8, 4) is 0 Å². The van der Waals surface area contributed by atoms with Crippen LogP contribution in [0.4, 0.5) is 0 Å². The summed E-state index contributed by atoms with van der Waals surface area (Å²) in [6, 6.07) is 8.42. The van der Waals surface area contributed by atoms with Gasteiger partial charge >= 0.3 is 5.97 Å². The molecular weight excluding hydrogens is 312 g/mol. The van der Waals surface area contributed by atoms with Gasteiger partial charge in [0.1, 0.15) is 0 Å². The first kappa shape index (κ1) is 16.6. The molecule has 25 heavy (non-hydrogen) atoms. The van der Waals surface area contributed by atoms with Crippen LogP contribution in [0, 0.1) is 11.8 Å². The first-order valence-electron chi connectivity index (χ1n) is 9.59. The number of nitrogens with zero attached hydrogens (tertiary/aromatic N) is 1. The second kappa shape index (κ2) is 6.83. The monoisotopic (exact) mass is 340 g/mol. The summed E-state index contributed by atoms with van der Waals surface area (Å²) >= 11 is 0. The van der Waals surface area contributed by atoms with E-state index in [1.165, 1.54) is 37.4 Å². The molecule has 3 heterocycles. The van der Waals surface area contributed by atoms with Gasteiger partial charge in [-0.25, -0.2) is 0 Å². The number of aromatic nitrogens is 1. The Morgan fingerprint density at radius 2 is 2.12 bits per heavy atom. The number of benzene rings is 1. The van der Waals surface area contributed by atoms with E-state index < -0.39 is 0 Å². The van der Waals surface area contributed by atoms with Crippen molar-refractivity contribution in [3.63, 3.8) is 0 Å². The van der Waals surface area contributed by atoms with Crippen molar-refractivity contribution in [2.45, 2.75) is 38.5 Å². The van der Waals surface area contributed by atoms with Crippen molar-refractivity contribution in [2.24, 2.45) is 11.8 Å².